The average Bonchev–Trinajstić information content (AvgIpc) is 2.54. The van der Waals surface area contributed by atoms with E-state index in [1.54, 1.807) is 18.2 Å². The Bertz CT molecular complexity index is 778. The minimum absolute atomic E-state index is 0.0134. The van der Waals surface area contributed by atoms with Gasteiger partial charge >= 0.3 is 6.18 Å². The lowest BCUT2D eigenvalue weighted by Crippen LogP contribution is -2.23. The number of hydrogen-bond donors (Lipinski definition) is 1. The van der Waals surface area contributed by atoms with Gasteiger partial charge in [-0.05, 0) is 41.8 Å². The van der Waals surface area contributed by atoms with E-state index in [0.29, 0.717) is 22.0 Å². The molecule has 0 saturated heterocycles. The van der Waals surface area contributed by atoms with E-state index in [4.69, 9.17) is 34.8 Å². The zero-order valence-electron chi connectivity index (χ0n) is 12.8. The van der Waals surface area contributed by atoms with Gasteiger partial charge in [0.25, 0.3) is 0 Å². The SMILES string of the molecule is O=C(CCc1ccc(Cl)c(Cl)c1)NCc1ccc(Cl)c(C(F)(F)F)c1. The molecule has 0 spiro atoms. The van der Waals surface area contributed by atoms with Crippen LogP contribution in [0.3, 0.4) is 0 Å². The summed E-state index contributed by atoms with van der Waals surface area (Å²) in [7, 11) is 0. The third-order valence-corrected chi connectivity index (χ3v) is 4.52. The number of hydrogen-bond acceptors (Lipinski definition) is 1. The molecule has 0 aromatic heterocycles. The van der Waals surface area contributed by atoms with Crippen LogP contribution in [0.25, 0.3) is 0 Å². The quantitative estimate of drug-likeness (QED) is 0.652. The molecule has 0 aliphatic heterocycles. The maximum atomic E-state index is 12.8. The summed E-state index contributed by atoms with van der Waals surface area (Å²) in [6.45, 7) is -0.0134. The second-order valence-corrected chi connectivity index (χ2v) is 6.56. The second-order valence-electron chi connectivity index (χ2n) is 5.34. The van der Waals surface area contributed by atoms with Crippen molar-refractivity contribution in [3.63, 3.8) is 0 Å². The number of amides is 1. The van der Waals surface area contributed by atoms with E-state index in [-0.39, 0.29) is 23.9 Å². The van der Waals surface area contributed by atoms with E-state index in [2.05, 4.69) is 5.32 Å². The highest BCUT2D eigenvalue weighted by molar-refractivity contribution is 6.42. The first-order valence-electron chi connectivity index (χ1n) is 7.23. The van der Waals surface area contributed by atoms with Crippen LogP contribution in [-0.2, 0) is 23.9 Å². The summed E-state index contributed by atoms with van der Waals surface area (Å²) in [6.07, 6.45) is -3.92. The fraction of sp³-hybridized carbons (Fsp3) is 0.235. The Morgan fingerprint density at radius 1 is 0.920 bits per heavy atom. The van der Waals surface area contributed by atoms with Gasteiger partial charge in [-0.25, -0.2) is 0 Å². The highest BCUT2D eigenvalue weighted by atomic mass is 35.5. The van der Waals surface area contributed by atoms with Gasteiger partial charge in [0, 0.05) is 13.0 Å². The van der Waals surface area contributed by atoms with Crippen LogP contribution in [0, 0.1) is 0 Å². The normalized spacial score (nSPS) is 11.4. The van der Waals surface area contributed by atoms with Crippen molar-refractivity contribution in [1.82, 2.24) is 5.32 Å². The van der Waals surface area contributed by atoms with Gasteiger partial charge in [-0.3, -0.25) is 4.79 Å². The van der Waals surface area contributed by atoms with Crippen molar-refractivity contribution in [2.24, 2.45) is 0 Å². The van der Waals surface area contributed by atoms with Crippen molar-refractivity contribution < 1.29 is 18.0 Å². The first kappa shape index (κ1) is 19.9. The highest BCUT2D eigenvalue weighted by Gasteiger charge is 2.33. The Kier molecular flexibility index (Phi) is 6.60. The lowest BCUT2D eigenvalue weighted by molar-refractivity contribution is -0.137. The summed E-state index contributed by atoms with van der Waals surface area (Å²) >= 11 is 17.3. The largest absolute Gasteiger partial charge is 0.417 e. The summed E-state index contributed by atoms with van der Waals surface area (Å²) in [5, 5.41) is 3.04. The van der Waals surface area contributed by atoms with Crippen LogP contribution in [-0.4, -0.2) is 5.91 Å². The summed E-state index contributed by atoms with van der Waals surface area (Å²) < 4.78 is 38.4. The average molecular weight is 411 g/mol. The zero-order chi connectivity index (χ0) is 18.6. The second kappa shape index (κ2) is 8.30. The summed E-state index contributed by atoms with van der Waals surface area (Å²) in [4.78, 5) is 11.9. The van der Waals surface area contributed by atoms with Crippen molar-refractivity contribution in [3.05, 3.63) is 68.2 Å². The molecule has 0 aliphatic rings. The number of alkyl halides is 3. The topological polar surface area (TPSA) is 29.1 Å². The summed E-state index contributed by atoms with van der Waals surface area (Å²) in [5.41, 5.74) is 0.242. The maximum Gasteiger partial charge on any atom is 0.417 e. The van der Waals surface area contributed by atoms with Crippen LogP contribution < -0.4 is 5.32 Å². The van der Waals surface area contributed by atoms with Crippen molar-refractivity contribution in [3.8, 4) is 0 Å². The van der Waals surface area contributed by atoms with Crippen molar-refractivity contribution in [2.75, 3.05) is 0 Å². The van der Waals surface area contributed by atoms with Crippen molar-refractivity contribution >= 4 is 40.7 Å². The maximum absolute atomic E-state index is 12.8. The number of aryl methyl sites for hydroxylation is 1. The first-order chi connectivity index (χ1) is 11.7. The molecule has 2 aromatic carbocycles. The Morgan fingerprint density at radius 3 is 2.20 bits per heavy atom. The van der Waals surface area contributed by atoms with Crippen molar-refractivity contribution in [2.45, 2.75) is 25.6 Å². The first-order valence-corrected chi connectivity index (χ1v) is 8.36. The third-order valence-electron chi connectivity index (χ3n) is 3.45. The molecule has 2 rings (SSSR count). The van der Waals surface area contributed by atoms with Gasteiger partial charge in [-0.1, -0.05) is 46.9 Å². The van der Waals surface area contributed by atoms with Crippen LogP contribution in [0.15, 0.2) is 36.4 Å². The number of nitrogens with one attached hydrogen (secondary N) is 1. The predicted molar refractivity (Wildman–Crippen MR) is 93.1 cm³/mol. The molecule has 25 heavy (non-hydrogen) atoms. The van der Waals surface area contributed by atoms with Gasteiger partial charge in [-0.15, -0.1) is 0 Å². The van der Waals surface area contributed by atoms with Crippen LogP contribution in [0.4, 0.5) is 13.2 Å². The minimum atomic E-state index is -4.54. The lowest BCUT2D eigenvalue weighted by atomic mass is 10.1. The molecule has 2 nitrogen and oxygen atoms in total. The molecule has 0 radical (unpaired) electrons. The standard InChI is InChI=1S/C17H13Cl3F3NO/c18-13-4-2-11(7-12(13)17(21,22)23)9-24-16(25)6-3-10-1-5-14(19)15(20)8-10/h1-2,4-5,7-8H,3,6,9H2,(H,24,25). The molecule has 0 atom stereocenters. The van der Waals surface area contributed by atoms with Gasteiger partial charge in [0.2, 0.25) is 5.91 Å². The van der Waals surface area contributed by atoms with E-state index >= 15 is 0 Å². The molecule has 0 heterocycles. The van der Waals surface area contributed by atoms with E-state index in [1.165, 1.54) is 12.1 Å². The number of benzene rings is 2. The van der Waals surface area contributed by atoms with Gasteiger partial charge in [0.15, 0.2) is 0 Å². The Labute approximate surface area is 157 Å². The summed E-state index contributed by atoms with van der Waals surface area (Å²) in [6, 6.07) is 8.62. The van der Waals surface area contributed by atoms with E-state index in [1.807, 2.05) is 0 Å². The predicted octanol–water partition coefficient (Wildman–Crippen LogP) is 5.91. The Balaban J connectivity index is 1.90. The molecule has 2 aromatic rings. The molecule has 0 bridgehead atoms. The molecule has 1 N–H and O–H groups in total. The van der Waals surface area contributed by atoms with E-state index in [9.17, 15) is 18.0 Å². The summed E-state index contributed by atoms with van der Waals surface area (Å²) in [5.74, 6) is -0.283. The van der Waals surface area contributed by atoms with Gasteiger partial charge in [0.1, 0.15) is 0 Å². The molecule has 8 heteroatoms. The highest BCUT2D eigenvalue weighted by Crippen LogP contribution is 2.35. The minimum Gasteiger partial charge on any atom is -0.352 e. The van der Waals surface area contributed by atoms with Crippen LogP contribution in [0.2, 0.25) is 15.1 Å². The molecule has 1 amide bonds. The molecule has 0 aliphatic carbocycles. The van der Waals surface area contributed by atoms with Crippen LogP contribution in [0.5, 0.6) is 0 Å². The van der Waals surface area contributed by atoms with Gasteiger partial charge < -0.3 is 5.32 Å². The van der Waals surface area contributed by atoms with E-state index in [0.717, 1.165) is 11.6 Å². The number of carbonyl (C=O) groups is 1. The van der Waals surface area contributed by atoms with Crippen molar-refractivity contribution in [1.29, 1.82) is 0 Å². The molecular formula is C17H13Cl3F3NO. The van der Waals surface area contributed by atoms with Crippen LogP contribution in [0.1, 0.15) is 23.1 Å². The Morgan fingerprint density at radius 2 is 1.56 bits per heavy atom. The third kappa shape index (κ3) is 5.80. The van der Waals surface area contributed by atoms with Gasteiger partial charge in [-0.2, -0.15) is 13.2 Å². The van der Waals surface area contributed by atoms with Crippen LogP contribution >= 0.6 is 34.8 Å². The molecule has 0 fully saturated rings. The van der Waals surface area contributed by atoms with E-state index < -0.39 is 11.7 Å². The van der Waals surface area contributed by atoms with Gasteiger partial charge in [0.05, 0.1) is 20.6 Å². The smallest absolute Gasteiger partial charge is 0.352 e. The molecular weight excluding hydrogens is 398 g/mol. The molecule has 134 valence electrons. The number of rotatable bonds is 5. The Hall–Kier alpha value is -1.43. The fourth-order valence-corrected chi connectivity index (χ4v) is 2.69. The number of carbonyl (C=O) groups excluding carboxylic acids is 1. The number of halogens is 6. The monoisotopic (exact) mass is 409 g/mol. The molecule has 0 saturated carbocycles. The molecule has 0 unspecified atom stereocenters. The fourth-order valence-electron chi connectivity index (χ4n) is 2.14. The zero-order valence-corrected chi connectivity index (χ0v) is 15.0. The lowest BCUT2D eigenvalue weighted by Gasteiger charge is -2.11.